The van der Waals surface area contributed by atoms with Gasteiger partial charge < -0.3 is 15.4 Å². The number of nitrogens with zero attached hydrogens (tertiary/aromatic N) is 6. The van der Waals surface area contributed by atoms with Gasteiger partial charge in [-0.2, -0.15) is 9.65 Å². The molecule has 0 spiro atoms. The summed E-state index contributed by atoms with van der Waals surface area (Å²) >= 11 is 6.74. The molecule has 39 heavy (non-hydrogen) atoms. The number of anilines is 2. The van der Waals surface area contributed by atoms with Crippen LogP contribution in [-0.4, -0.2) is 44.2 Å². The van der Waals surface area contributed by atoms with Gasteiger partial charge >= 0.3 is 0 Å². The zero-order valence-electron chi connectivity index (χ0n) is 22.6. The molecule has 9 nitrogen and oxygen atoms in total. The first-order chi connectivity index (χ1) is 19.2. The zero-order chi connectivity index (χ0) is 28.1. The predicted molar refractivity (Wildman–Crippen MR) is 146 cm³/mol. The van der Waals surface area contributed by atoms with Crippen molar-refractivity contribution in [3.63, 3.8) is 0 Å². The van der Waals surface area contributed by atoms with Gasteiger partial charge in [0, 0.05) is 41.5 Å². The third-order valence-corrected chi connectivity index (χ3v) is 7.59. The molecule has 1 saturated heterocycles. The Bertz CT molecular complexity index is 1620. The van der Waals surface area contributed by atoms with E-state index in [0.717, 1.165) is 19.3 Å². The molecule has 1 saturated carbocycles. The summed E-state index contributed by atoms with van der Waals surface area (Å²) in [5.41, 5.74) is 2.56. The van der Waals surface area contributed by atoms with Gasteiger partial charge in [0.2, 0.25) is 5.95 Å². The van der Waals surface area contributed by atoms with Crippen LogP contribution in [0, 0.1) is 22.7 Å². The standard InChI is InChI=1S/C28H28ClFN8O/c1-28(2)15-39-8-7-23(28)35-25-17(11-31)13-33-27-20(25)9-18(10-21(27)29)34-26(16-3-6-24(30)32-12-16)22-14-38(37-36-22)19-4-5-19/h3,6,9-10,12-14,19,23,26,34H,4-5,7-8,15H2,1-2H3,(H,33,35)/i26D. The quantitative estimate of drug-likeness (QED) is 0.285. The van der Waals surface area contributed by atoms with Crippen molar-refractivity contribution in [1.29, 1.82) is 5.26 Å². The van der Waals surface area contributed by atoms with Gasteiger partial charge in [-0.1, -0.05) is 36.7 Å². The fraction of sp³-hybridized carbons (Fsp3) is 0.393. The first-order valence-electron chi connectivity index (χ1n) is 13.4. The lowest BCUT2D eigenvalue weighted by molar-refractivity contribution is 0.00350. The zero-order valence-corrected chi connectivity index (χ0v) is 22.3. The Morgan fingerprint density at radius 2 is 2.10 bits per heavy atom. The van der Waals surface area contributed by atoms with Crippen molar-refractivity contribution in [2.75, 3.05) is 23.8 Å². The highest BCUT2D eigenvalue weighted by molar-refractivity contribution is 6.35. The van der Waals surface area contributed by atoms with Crippen LogP contribution in [0.3, 0.4) is 0 Å². The second-order valence-corrected chi connectivity index (χ2v) is 11.1. The number of hydrogen-bond acceptors (Lipinski definition) is 8. The first-order valence-corrected chi connectivity index (χ1v) is 13.2. The lowest BCUT2D eigenvalue weighted by Crippen LogP contribution is -2.44. The monoisotopic (exact) mass is 547 g/mol. The number of hydrogen-bond donors (Lipinski definition) is 2. The second kappa shape index (κ2) is 10.1. The van der Waals surface area contributed by atoms with Crippen molar-refractivity contribution in [2.24, 2.45) is 5.41 Å². The van der Waals surface area contributed by atoms with Gasteiger partial charge in [0.05, 0.1) is 48.0 Å². The van der Waals surface area contributed by atoms with Crippen molar-refractivity contribution in [1.82, 2.24) is 25.0 Å². The maximum atomic E-state index is 13.7. The van der Waals surface area contributed by atoms with E-state index in [-0.39, 0.29) is 17.5 Å². The molecule has 6 rings (SSSR count). The van der Waals surface area contributed by atoms with E-state index in [1.54, 1.807) is 16.9 Å². The summed E-state index contributed by atoms with van der Waals surface area (Å²) in [6, 6.07) is 7.10. The third kappa shape index (κ3) is 5.12. The maximum Gasteiger partial charge on any atom is 0.212 e. The van der Waals surface area contributed by atoms with Crippen LogP contribution in [0.15, 0.2) is 42.9 Å². The summed E-state index contributed by atoms with van der Waals surface area (Å²) in [6.07, 6.45) is 7.35. The van der Waals surface area contributed by atoms with E-state index in [1.165, 1.54) is 24.5 Å². The Labute approximate surface area is 231 Å². The topological polar surface area (TPSA) is 114 Å². The molecule has 200 valence electrons. The lowest BCUT2D eigenvalue weighted by atomic mass is 9.81. The van der Waals surface area contributed by atoms with Crippen LogP contribution in [0.4, 0.5) is 15.8 Å². The number of nitrogens with one attached hydrogen (secondary N) is 2. The molecule has 0 radical (unpaired) electrons. The molecule has 2 N–H and O–H groups in total. The van der Waals surface area contributed by atoms with E-state index in [2.05, 4.69) is 50.8 Å². The van der Waals surface area contributed by atoms with Crippen molar-refractivity contribution in [3.05, 3.63) is 70.6 Å². The Hall–Kier alpha value is -3.81. The van der Waals surface area contributed by atoms with Crippen molar-refractivity contribution in [2.45, 2.75) is 51.2 Å². The minimum absolute atomic E-state index is 0.0485. The van der Waals surface area contributed by atoms with E-state index in [1.807, 2.05) is 6.07 Å². The number of pyridine rings is 2. The molecule has 2 aliphatic rings. The Kier molecular flexibility index (Phi) is 6.25. The Morgan fingerprint density at radius 3 is 2.82 bits per heavy atom. The molecule has 2 fully saturated rings. The molecule has 1 aromatic carbocycles. The highest BCUT2D eigenvalue weighted by Gasteiger charge is 2.34. The molecule has 4 aromatic rings. The van der Waals surface area contributed by atoms with Crippen LogP contribution in [0.1, 0.15) is 63.4 Å². The van der Waals surface area contributed by atoms with Crippen molar-refractivity contribution >= 4 is 33.9 Å². The highest BCUT2D eigenvalue weighted by atomic mass is 35.5. The predicted octanol–water partition coefficient (Wildman–Crippen LogP) is 5.65. The molecule has 2 atom stereocenters. The van der Waals surface area contributed by atoms with Gasteiger partial charge in [0.1, 0.15) is 11.8 Å². The number of ether oxygens (including phenoxy) is 1. The minimum Gasteiger partial charge on any atom is -0.381 e. The summed E-state index contributed by atoms with van der Waals surface area (Å²) in [4.78, 5) is 8.24. The average molecular weight is 548 g/mol. The highest BCUT2D eigenvalue weighted by Crippen LogP contribution is 2.39. The van der Waals surface area contributed by atoms with Crippen LogP contribution in [0.5, 0.6) is 0 Å². The Balaban J connectivity index is 1.45. The molecule has 4 heterocycles. The number of fused-ring (bicyclic) bond motifs is 1. The normalized spacial score (nSPS) is 20.6. The third-order valence-electron chi connectivity index (χ3n) is 7.30. The number of benzene rings is 1. The smallest absolute Gasteiger partial charge is 0.212 e. The molecule has 11 heteroatoms. The molecule has 0 amide bonds. The van der Waals surface area contributed by atoms with Gasteiger partial charge in [-0.05, 0) is 43.0 Å². The first kappa shape index (κ1) is 24.2. The molecular formula is C28H28ClFN8O. The summed E-state index contributed by atoms with van der Waals surface area (Å²) in [5.74, 6) is -0.650. The molecule has 1 aliphatic heterocycles. The average Bonchev–Trinajstić information content (AvgIpc) is 3.65. The number of nitriles is 1. The van der Waals surface area contributed by atoms with Crippen LogP contribution in [0.25, 0.3) is 10.9 Å². The van der Waals surface area contributed by atoms with E-state index in [4.69, 9.17) is 16.3 Å². The summed E-state index contributed by atoms with van der Waals surface area (Å²) in [5, 5.41) is 26.3. The molecular weight excluding hydrogens is 519 g/mol. The largest absolute Gasteiger partial charge is 0.381 e. The minimum atomic E-state index is -1.67. The molecule has 3 aromatic heterocycles. The fourth-order valence-corrected chi connectivity index (χ4v) is 5.17. The summed E-state index contributed by atoms with van der Waals surface area (Å²) < 4.78 is 30.7. The number of halogens is 2. The fourth-order valence-electron chi connectivity index (χ4n) is 4.90. The molecule has 1 aliphatic carbocycles. The van der Waals surface area contributed by atoms with Crippen LogP contribution >= 0.6 is 11.6 Å². The number of aromatic nitrogens is 5. The maximum absolute atomic E-state index is 13.7. The van der Waals surface area contributed by atoms with E-state index in [0.29, 0.717) is 57.3 Å². The summed E-state index contributed by atoms with van der Waals surface area (Å²) in [7, 11) is 0. The second-order valence-electron chi connectivity index (χ2n) is 10.7. The van der Waals surface area contributed by atoms with Gasteiger partial charge in [-0.3, -0.25) is 4.98 Å². The van der Waals surface area contributed by atoms with Gasteiger partial charge in [-0.25, -0.2) is 9.67 Å². The van der Waals surface area contributed by atoms with Crippen LogP contribution < -0.4 is 10.6 Å². The number of rotatable bonds is 7. The van der Waals surface area contributed by atoms with Crippen LogP contribution in [0.2, 0.25) is 5.02 Å². The van der Waals surface area contributed by atoms with Crippen molar-refractivity contribution < 1.29 is 10.5 Å². The van der Waals surface area contributed by atoms with E-state index in [9.17, 15) is 11.0 Å². The Morgan fingerprint density at radius 1 is 1.26 bits per heavy atom. The van der Waals surface area contributed by atoms with E-state index >= 15 is 0 Å². The van der Waals surface area contributed by atoms with Crippen LogP contribution in [-0.2, 0) is 4.74 Å². The van der Waals surface area contributed by atoms with Gasteiger partial charge in [-0.15, -0.1) is 5.10 Å². The van der Waals surface area contributed by atoms with E-state index < -0.39 is 12.0 Å². The SMILES string of the molecule is [2H]C(Nc1cc(Cl)c2ncc(C#N)c(NC3CCOCC3(C)C)c2c1)(c1ccc(F)nc1)c1cn(C2CC2)nn1. The molecule has 0 bridgehead atoms. The lowest BCUT2D eigenvalue weighted by Gasteiger charge is -2.39. The summed E-state index contributed by atoms with van der Waals surface area (Å²) in [6.45, 7) is 5.46. The van der Waals surface area contributed by atoms with Gasteiger partial charge in [0.25, 0.3) is 0 Å². The van der Waals surface area contributed by atoms with Gasteiger partial charge in [0.15, 0.2) is 0 Å². The van der Waals surface area contributed by atoms with Crippen molar-refractivity contribution in [3.8, 4) is 6.07 Å². The molecule has 2 unspecified atom stereocenters.